The Morgan fingerprint density at radius 1 is 1.07 bits per heavy atom. The minimum absolute atomic E-state index is 0.0404. The number of ether oxygens (including phenoxy) is 1. The highest BCUT2D eigenvalue weighted by atomic mass is 16.5. The van der Waals surface area contributed by atoms with E-state index in [9.17, 15) is 14.9 Å². The first-order valence-corrected chi connectivity index (χ1v) is 9.86. The summed E-state index contributed by atoms with van der Waals surface area (Å²) in [7, 11) is 0. The van der Waals surface area contributed by atoms with E-state index in [-0.39, 0.29) is 24.1 Å². The van der Waals surface area contributed by atoms with Crippen molar-refractivity contribution in [2.45, 2.75) is 26.8 Å². The summed E-state index contributed by atoms with van der Waals surface area (Å²) in [4.78, 5) is 24.2. The van der Waals surface area contributed by atoms with Gasteiger partial charge in [-0.3, -0.25) is 9.59 Å². The fourth-order valence-corrected chi connectivity index (χ4v) is 2.62. The maximum absolute atomic E-state index is 12.1. The predicted octanol–water partition coefficient (Wildman–Crippen LogP) is 3.62. The van der Waals surface area contributed by atoms with Gasteiger partial charge in [0.2, 0.25) is 0 Å². The largest absolute Gasteiger partial charge is 0.484 e. The summed E-state index contributed by atoms with van der Waals surface area (Å²) in [5.41, 5.74) is 1.76. The molecule has 2 aromatic rings. The number of carbonyl (C=O) groups is 2. The summed E-state index contributed by atoms with van der Waals surface area (Å²) in [6.45, 7) is 6.29. The molecular formula is C24H27N3O3. The Balaban J connectivity index is 1.88. The van der Waals surface area contributed by atoms with E-state index in [1.54, 1.807) is 24.3 Å². The molecule has 0 radical (unpaired) electrons. The number of carbonyl (C=O) groups excluding carboxylic acids is 2. The van der Waals surface area contributed by atoms with Crippen molar-refractivity contribution in [3.05, 3.63) is 71.3 Å². The fourth-order valence-electron chi connectivity index (χ4n) is 2.62. The van der Waals surface area contributed by atoms with Gasteiger partial charge in [0.25, 0.3) is 11.8 Å². The molecule has 0 heterocycles. The van der Waals surface area contributed by atoms with Crippen molar-refractivity contribution in [1.29, 1.82) is 5.26 Å². The highest BCUT2D eigenvalue weighted by molar-refractivity contribution is 6.01. The molecule has 1 atom stereocenters. The molecule has 0 fully saturated rings. The molecule has 2 rings (SSSR count). The number of hydrogen-bond acceptors (Lipinski definition) is 4. The van der Waals surface area contributed by atoms with Crippen LogP contribution in [0.5, 0.6) is 5.75 Å². The van der Waals surface area contributed by atoms with E-state index in [0.29, 0.717) is 23.8 Å². The second-order valence-corrected chi connectivity index (χ2v) is 7.33. The highest BCUT2D eigenvalue weighted by Gasteiger charge is 2.11. The zero-order valence-electron chi connectivity index (χ0n) is 17.5. The van der Waals surface area contributed by atoms with Gasteiger partial charge in [-0.1, -0.05) is 56.3 Å². The summed E-state index contributed by atoms with van der Waals surface area (Å²) in [5, 5.41) is 14.8. The Kier molecular flexibility index (Phi) is 8.64. The van der Waals surface area contributed by atoms with Crippen LogP contribution in [-0.4, -0.2) is 25.0 Å². The summed E-state index contributed by atoms with van der Waals surface area (Å²) in [6, 6.07) is 18.4. The molecule has 0 aliphatic heterocycles. The third-order valence-electron chi connectivity index (χ3n) is 4.27. The Morgan fingerprint density at radius 2 is 1.73 bits per heavy atom. The van der Waals surface area contributed by atoms with Gasteiger partial charge in [-0.05, 0) is 42.2 Å². The molecule has 30 heavy (non-hydrogen) atoms. The number of nitrogens with one attached hydrogen (secondary N) is 2. The van der Waals surface area contributed by atoms with Crippen LogP contribution in [0.3, 0.4) is 0 Å². The van der Waals surface area contributed by atoms with Crippen LogP contribution in [0, 0.1) is 17.2 Å². The first-order chi connectivity index (χ1) is 14.4. The molecule has 0 bridgehead atoms. The zero-order chi connectivity index (χ0) is 21.9. The molecule has 6 heteroatoms. The lowest BCUT2D eigenvalue weighted by Crippen LogP contribution is -2.31. The van der Waals surface area contributed by atoms with Crippen molar-refractivity contribution in [3.8, 4) is 11.8 Å². The van der Waals surface area contributed by atoms with E-state index in [1.165, 1.54) is 6.08 Å². The van der Waals surface area contributed by atoms with Crippen LogP contribution in [0.25, 0.3) is 6.08 Å². The second kappa shape index (κ2) is 11.4. The van der Waals surface area contributed by atoms with Crippen molar-refractivity contribution in [3.63, 3.8) is 0 Å². The van der Waals surface area contributed by atoms with Crippen molar-refractivity contribution in [2.24, 2.45) is 5.92 Å². The lowest BCUT2D eigenvalue weighted by atomic mass is 10.1. The number of amides is 2. The van der Waals surface area contributed by atoms with E-state index in [4.69, 9.17) is 4.74 Å². The minimum Gasteiger partial charge on any atom is -0.484 e. The Bertz CT molecular complexity index is 913. The number of benzene rings is 2. The number of hydrogen-bond donors (Lipinski definition) is 2. The van der Waals surface area contributed by atoms with Gasteiger partial charge >= 0.3 is 0 Å². The van der Waals surface area contributed by atoms with Gasteiger partial charge in [0.05, 0.1) is 6.04 Å². The first-order valence-electron chi connectivity index (χ1n) is 9.86. The van der Waals surface area contributed by atoms with Crippen molar-refractivity contribution >= 4 is 17.9 Å². The van der Waals surface area contributed by atoms with Gasteiger partial charge in [0, 0.05) is 6.54 Å². The molecule has 0 saturated heterocycles. The molecule has 0 spiro atoms. The molecule has 2 N–H and O–H groups in total. The van der Waals surface area contributed by atoms with E-state index in [2.05, 4.69) is 10.6 Å². The summed E-state index contributed by atoms with van der Waals surface area (Å²) in [6.07, 6.45) is 1.52. The number of rotatable bonds is 9. The normalized spacial score (nSPS) is 12.0. The molecule has 2 amide bonds. The third kappa shape index (κ3) is 7.44. The number of nitrogens with zero attached hydrogens (tertiary/aromatic N) is 1. The van der Waals surface area contributed by atoms with Crippen LogP contribution in [-0.2, 0) is 9.59 Å². The number of nitriles is 1. The molecule has 0 unspecified atom stereocenters. The van der Waals surface area contributed by atoms with Crippen LogP contribution >= 0.6 is 0 Å². The Labute approximate surface area is 177 Å². The van der Waals surface area contributed by atoms with Gasteiger partial charge in [0.1, 0.15) is 17.4 Å². The van der Waals surface area contributed by atoms with Crippen LogP contribution in [0.4, 0.5) is 0 Å². The molecule has 6 nitrogen and oxygen atoms in total. The van der Waals surface area contributed by atoms with Gasteiger partial charge in [-0.25, -0.2) is 0 Å². The molecule has 2 aromatic carbocycles. The summed E-state index contributed by atoms with van der Waals surface area (Å²) < 4.78 is 5.53. The SMILES string of the molecule is CC(C)CNC(=O)/C(C#N)=C/c1ccc(OCC(=O)N[C@@H](C)c2ccccc2)cc1. The second-order valence-electron chi connectivity index (χ2n) is 7.33. The van der Waals surface area contributed by atoms with Crippen LogP contribution in [0.1, 0.15) is 37.9 Å². The summed E-state index contributed by atoms with van der Waals surface area (Å²) in [5.74, 6) is 0.218. The van der Waals surface area contributed by atoms with Crippen LogP contribution in [0.15, 0.2) is 60.2 Å². The Hall–Kier alpha value is -3.59. The Morgan fingerprint density at radius 3 is 2.33 bits per heavy atom. The predicted molar refractivity (Wildman–Crippen MR) is 116 cm³/mol. The smallest absolute Gasteiger partial charge is 0.261 e. The monoisotopic (exact) mass is 405 g/mol. The third-order valence-corrected chi connectivity index (χ3v) is 4.27. The average molecular weight is 405 g/mol. The molecule has 0 aromatic heterocycles. The maximum atomic E-state index is 12.1. The standard InChI is InChI=1S/C24H27N3O3/c1-17(2)15-26-24(29)21(14-25)13-19-9-11-22(12-10-19)30-16-23(28)27-18(3)20-7-5-4-6-8-20/h4-13,17-18H,15-16H2,1-3H3,(H,26,29)(H,27,28)/b21-13+/t18-/m0/s1. The van der Waals surface area contributed by atoms with Crippen molar-refractivity contribution < 1.29 is 14.3 Å². The zero-order valence-corrected chi connectivity index (χ0v) is 17.5. The highest BCUT2D eigenvalue weighted by Crippen LogP contribution is 2.15. The van der Waals surface area contributed by atoms with E-state index >= 15 is 0 Å². The maximum Gasteiger partial charge on any atom is 0.261 e. The van der Waals surface area contributed by atoms with E-state index in [1.807, 2.05) is 57.2 Å². The van der Waals surface area contributed by atoms with Crippen LogP contribution < -0.4 is 15.4 Å². The fraction of sp³-hybridized carbons (Fsp3) is 0.292. The lowest BCUT2D eigenvalue weighted by molar-refractivity contribution is -0.123. The van der Waals surface area contributed by atoms with Gasteiger partial charge in [-0.2, -0.15) is 5.26 Å². The lowest BCUT2D eigenvalue weighted by Gasteiger charge is -2.14. The minimum atomic E-state index is -0.393. The quantitative estimate of drug-likeness (QED) is 0.492. The van der Waals surface area contributed by atoms with Crippen molar-refractivity contribution in [1.82, 2.24) is 10.6 Å². The molecule has 0 aliphatic rings. The topological polar surface area (TPSA) is 91.2 Å². The molecule has 0 aliphatic carbocycles. The molecular weight excluding hydrogens is 378 g/mol. The van der Waals surface area contributed by atoms with Gasteiger partial charge in [0.15, 0.2) is 6.61 Å². The molecule has 0 saturated carbocycles. The van der Waals surface area contributed by atoms with Gasteiger partial charge < -0.3 is 15.4 Å². The molecule has 156 valence electrons. The van der Waals surface area contributed by atoms with E-state index in [0.717, 1.165) is 5.56 Å². The van der Waals surface area contributed by atoms with Gasteiger partial charge in [-0.15, -0.1) is 0 Å². The first kappa shape index (κ1) is 22.7. The van der Waals surface area contributed by atoms with Crippen molar-refractivity contribution in [2.75, 3.05) is 13.2 Å². The summed E-state index contributed by atoms with van der Waals surface area (Å²) >= 11 is 0. The van der Waals surface area contributed by atoms with E-state index < -0.39 is 5.91 Å². The van der Waals surface area contributed by atoms with Crippen LogP contribution in [0.2, 0.25) is 0 Å². The average Bonchev–Trinajstić information content (AvgIpc) is 2.75.